The Hall–Kier alpha value is -9.84. The fourth-order valence-electron chi connectivity index (χ4n) is 9.11. The zero-order valence-corrected chi connectivity index (χ0v) is 48.8. The van der Waals surface area contributed by atoms with E-state index in [0.717, 1.165) is 16.7 Å². The summed E-state index contributed by atoms with van der Waals surface area (Å²) in [5, 5.41) is 74.3. The molecule has 0 saturated carbocycles. The highest BCUT2D eigenvalue weighted by Gasteiger charge is 2.26. The molecule has 1 aliphatic heterocycles. The van der Waals surface area contributed by atoms with E-state index in [9.17, 15) is 83.1 Å². The number of carboxylic acid groups (broad SMARTS) is 6. The van der Waals surface area contributed by atoms with Crippen LogP contribution in [0.15, 0.2) is 97.1 Å². The van der Waals surface area contributed by atoms with Gasteiger partial charge in [0.05, 0.1) is 26.2 Å². The fourth-order valence-corrected chi connectivity index (χ4v) is 9.11. The number of nitrogens with one attached hydrogen (secondary N) is 7. The van der Waals surface area contributed by atoms with Crippen LogP contribution in [0.4, 0.5) is 4.79 Å². The lowest BCUT2D eigenvalue weighted by atomic mass is 10.1. The molecule has 478 valence electrons. The Balaban J connectivity index is 0.975. The van der Waals surface area contributed by atoms with Gasteiger partial charge in [0.1, 0.15) is 12.1 Å². The van der Waals surface area contributed by atoms with Gasteiger partial charge in [-0.1, -0.05) is 48.5 Å². The van der Waals surface area contributed by atoms with Crippen molar-refractivity contribution in [3.8, 4) is 0 Å². The fraction of sp³-hybridized carbons (Fsp3) is 0.400. The molecular formula is C60H75N11O18. The topological polar surface area (TPSA) is 423 Å². The van der Waals surface area contributed by atoms with Gasteiger partial charge in [-0.2, -0.15) is 0 Å². The Labute approximate surface area is 511 Å². The van der Waals surface area contributed by atoms with Gasteiger partial charge in [-0.15, -0.1) is 0 Å². The molecule has 0 spiro atoms. The minimum atomic E-state index is -1.53. The Morgan fingerprint density at radius 3 is 0.944 bits per heavy atom. The van der Waals surface area contributed by atoms with Crippen molar-refractivity contribution in [1.82, 2.24) is 56.8 Å². The molecular weight excluding hydrogens is 1160 g/mol. The molecule has 1 heterocycles. The molecule has 0 aromatic heterocycles. The van der Waals surface area contributed by atoms with Crippen LogP contribution in [0.1, 0.15) is 95.8 Å². The summed E-state index contributed by atoms with van der Waals surface area (Å²) in [6, 6.07) is 22.6. The summed E-state index contributed by atoms with van der Waals surface area (Å²) >= 11 is 0. The number of aliphatic carboxylic acids is 6. The highest BCUT2D eigenvalue weighted by Crippen LogP contribution is 2.12. The van der Waals surface area contributed by atoms with Crippen molar-refractivity contribution >= 4 is 71.4 Å². The van der Waals surface area contributed by atoms with Gasteiger partial charge in [0.2, 0.25) is 5.91 Å². The molecule has 7 amide bonds. The van der Waals surface area contributed by atoms with E-state index in [1.807, 2.05) is 4.90 Å². The van der Waals surface area contributed by atoms with Crippen molar-refractivity contribution in [2.45, 2.75) is 70.4 Å². The summed E-state index contributed by atoms with van der Waals surface area (Å²) < 4.78 is 0. The number of unbranched alkanes of at least 4 members (excludes halogenated alkanes) is 1. The molecule has 1 fully saturated rings. The Kier molecular flexibility index (Phi) is 28.6. The second kappa shape index (κ2) is 36.3. The molecule has 29 nitrogen and oxygen atoms in total. The van der Waals surface area contributed by atoms with E-state index in [-0.39, 0.29) is 135 Å². The van der Waals surface area contributed by atoms with Crippen molar-refractivity contribution in [3.05, 3.63) is 142 Å². The Morgan fingerprint density at radius 1 is 0.348 bits per heavy atom. The molecule has 1 saturated heterocycles. The standard InChI is InChI=1S/C60H75N11O18/c72-49(35-68-23-25-69(36-51(75)76)27-29-71(38-53(79)80)30-28-70(26-24-68)37-52(77)78)62-31-39-4-14-44(15-5-39)55(82)64-33-41-8-18-46(19-9-41)57(84)65-34-42-10-16-45(17-11-42)56(83)63-32-40-6-12-43(13-7-40)54(81)61-22-2-1-3-47(58(85)86)66-60(89)67-48(59(87)88)20-21-50(73)74/h4-19,47-48H,1-3,20-38H2,(H,61,81)(H,62,72)(H,63,83)(H,64,82)(H,65,84)(H,73,74)(H,75,76)(H,77,78)(H,79,80)(H,85,86)(H,87,88)(H2,66,67,89). The van der Waals surface area contributed by atoms with Crippen LogP contribution in [0.2, 0.25) is 0 Å². The van der Waals surface area contributed by atoms with Crippen molar-refractivity contribution in [1.29, 1.82) is 0 Å². The molecule has 5 rings (SSSR count). The molecule has 13 N–H and O–H groups in total. The highest BCUT2D eigenvalue weighted by molar-refractivity contribution is 5.96. The summed E-state index contributed by atoms with van der Waals surface area (Å²) in [6.07, 6.45) is -0.318. The van der Waals surface area contributed by atoms with Gasteiger partial charge >= 0.3 is 41.8 Å². The van der Waals surface area contributed by atoms with E-state index < -0.39 is 72.7 Å². The third kappa shape index (κ3) is 26.4. The maximum absolute atomic E-state index is 13.2. The number of amides is 7. The lowest BCUT2D eigenvalue weighted by Crippen LogP contribution is -2.51. The number of carboxylic acids is 6. The van der Waals surface area contributed by atoms with Crippen LogP contribution >= 0.6 is 0 Å². The molecule has 2 atom stereocenters. The number of carbonyl (C=O) groups excluding carboxylic acids is 6. The highest BCUT2D eigenvalue weighted by atomic mass is 16.4. The van der Waals surface area contributed by atoms with E-state index >= 15 is 0 Å². The van der Waals surface area contributed by atoms with Crippen LogP contribution in [0.25, 0.3) is 0 Å². The van der Waals surface area contributed by atoms with Crippen LogP contribution in [0.5, 0.6) is 0 Å². The first-order valence-corrected chi connectivity index (χ1v) is 28.5. The van der Waals surface area contributed by atoms with Gasteiger partial charge in [0.25, 0.3) is 23.6 Å². The molecule has 4 aromatic carbocycles. The van der Waals surface area contributed by atoms with Gasteiger partial charge in [0.15, 0.2) is 0 Å². The zero-order chi connectivity index (χ0) is 64.8. The minimum absolute atomic E-state index is 0.0313. The molecule has 1 aliphatic rings. The van der Waals surface area contributed by atoms with Crippen molar-refractivity contribution in [2.75, 3.05) is 85.1 Å². The molecule has 0 bridgehead atoms. The number of hydrogen-bond acceptors (Lipinski definition) is 16. The third-order valence-electron chi connectivity index (χ3n) is 14.1. The monoisotopic (exact) mass is 1240 g/mol. The van der Waals surface area contributed by atoms with E-state index in [0.29, 0.717) is 47.3 Å². The number of nitrogens with zero attached hydrogens (tertiary/aromatic N) is 4. The van der Waals surface area contributed by atoms with Gasteiger partial charge in [0, 0.05) is 114 Å². The number of benzene rings is 4. The molecule has 89 heavy (non-hydrogen) atoms. The van der Waals surface area contributed by atoms with Crippen LogP contribution in [-0.4, -0.2) is 219 Å². The molecule has 0 radical (unpaired) electrons. The summed E-state index contributed by atoms with van der Waals surface area (Å²) in [4.78, 5) is 152. The van der Waals surface area contributed by atoms with Gasteiger partial charge in [-0.3, -0.25) is 62.8 Å². The first kappa shape index (κ1) is 69.9. The molecule has 0 aliphatic carbocycles. The predicted octanol–water partition coefficient (Wildman–Crippen LogP) is 0.539. The van der Waals surface area contributed by atoms with Gasteiger partial charge in [-0.25, -0.2) is 14.4 Å². The summed E-state index contributed by atoms with van der Waals surface area (Å²) in [6.45, 7) is 2.09. The van der Waals surface area contributed by atoms with E-state index in [4.69, 9.17) is 5.11 Å². The zero-order valence-electron chi connectivity index (χ0n) is 48.8. The third-order valence-corrected chi connectivity index (χ3v) is 14.1. The second-order valence-corrected chi connectivity index (χ2v) is 21.0. The van der Waals surface area contributed by atoms with Crippen LogP contribution < -0.4 is 37.2 Å². The maximum Gasteiger partial charge on any atom is 0.326 e. The average molecular weight is 1240 g/mol. The first-order chi connectivity index (χ1) is 42.5. The summed E-state index contributed by atoms with van der Waals surface area (Å²) in [5.41, 5.74) is 4.39. The summed E-state index contributed by atoms with van der Waals surface area (Å²) in [7, 11) is 0. The number of carbonyl (C=O) groups is 12. The molecule has 2 unspecified atom stereocenters. The smallest absolute Gasteiger partial charge is 0.326 e. The number of rotatable bonds is 32. The number of urea groups is 1. The van der Waals surface area contributed by atoms with Crippen molar-refractivity contribution in [3.63, 3.8) is 0 Å². The maximum atomic E-state index is 13.2. The normalized spacial score (nSPS) is 14.2. The lowest BCUT2D eigenvalue weighted by Gasteiger charge is -2.32. The molecule has 4 aromatic rings. The quantitative estimate of drug-likeness (QED) is 0.0297. The first-order valence-electron chi connectivity index (χ1n) is 28.5. The van der Waals surface area contributed by atoms with Crippen LogP contribution in [0, 0.1) is 0 Å². The van der Waals surface area contributed by atoms with E-state index in [1.165, 1.54) is 0 Å². The minimum Gasteiger partial charge on any atom is -0.481 e. The van der Waals surface area contributed by atoms with Crippen LogP contribution in [-0.2, 0) is 59.7 Å². The van der Waals surface area contributed by atoms with E-state index in [1.54, 1.807) is 112 Å². The Morgan fingerprint density at radius 2 is 0.640 bits per heavy atom. The molecule has 29 heteroatoms. The average Bonchev–Trinajstić information content (AvgIpc) is 3.61. The van der Waals surface area contributed by atoms with Gasteiger partial charge < -0.3 is 67.9 Å². The number of hydrogen-bond donors (Lipinski definition) is 13. The summed E-state index contributed by atoms with van der Waals surface area (Å²) in [5.74, 6) is -9.00. The second-order valence-electron chi connectivity index (χ2n) is 21.0. The Bertz CT molecular complexity index is 3060. The van der Waals surface area contributed by atoms with Gasteiger partial charge in [-0.05, 0) is 96.5 Å². The van der Waals surface area contributed by atoms with Crippen molar-refractivity contribution in [2.24, 2.45) is 0 Å². The lowest BCUT2D eigenvalue weighted by molar-refractivity contribution is -0.141. The SMILES string of the molecule is O=C(O)CCC(NC(=O)NC(CCCCNC(=O)c1ccc(CNC(=O)c2ccc(CNC(=O)c3ccc(CNC(=O)c4ccc(CNC(=O)CN5CCN(CC(=O)O)CCN(CC(=O)O)CCN(CC(=O)O)CC5)cc4)cc3)cc2)cc1)C(=O)O)C(=O)O. The van der Waals surface area contributed by atoms with E-state index in [2.05, 4.69) is 37.2 Å². The van der Waals surface area contributed by atoms with Crippen LogP contribution in [0.3, 0.4) is 0 Å². The predicted molar refractivity (Wildman–Crippen MR) is 317 cm³/mol. The van der Waals surface area contributed by atoms with Crippen molar-refractivity contribution < 1.29 is 88.2 Å². The largest absolute Gasteiger partial charge is 0.481 e.